The second-order valence-electron chi connectivity index (χ2n) is 5.90. The number of hydrogen-bond acceptors (Lipinski definition) is 3. The van der Waals surface area contributed by atoms with Crippen LogP contribution in [0.1, 0.15) is 31.2 Å². The number of hydrogen-bond donors (Lipinski definition) is 2. The fourth-order valence-electron chi connectivity index (χ4n) is 3.02. The third-order valence-corrected chi connectivity index (χ3v) is 5.49. The first-order chi connectivity index (χ1) is 12.2. The quantitative estimate of drug-likeness (QED) is 0.696. The number of rotatable bonds is 2. The van der Waals surface area contributed by atoms with E-state index in [0.29, 0.717) is 10.4 Å². The van der Waals surface area contributed by atoms with Crippen molar-refractivity contribution in [3.05, 3.63) is 82.2 Å². The first kappa shape index (κ1) is 15.6. The Morgan fingerprint density at radius 3 is 2.32 bits per heavy atom. The van der Waals surface area contributed by atoms with Crippen LogP contribution in [0.3, 0.4) is 0 Å². The molecule has 1 aliphatic rings. The molecule has 2 amide bonds. The lowest BCUT2D eigenvalue weighted by molar-refractivity contribution is 0.0849. The zero-order valence-electron chi connectivity index (χ0n) is 13.4. The van der Waals surface area contributed by atoms with Gasteiger partial charge in [0.15, 0.2) is 0 Å². The van der Waals surface area contributed by atoms with Crippen molar-refractivity contribution in [3.8, 4) is 10.4 Å². The van der Waals surface area contributed by atoms with Gasteiger partial charge in [0.1, 0.15) is 0 Å². The fraction of sp³-hybridized carbons (Fsp3) is 0.100. The second-order valence-corrected chi connectivity index (χ2v) is 6.95. The van der Waals surface area contributed by atoms with E-state index in [1.165, 1.54) is 28.0 Å². The Bertz CT molecular complexity index is 947. The lowest BCUT2D eigenvalue weighted by Gasteiger charge is -2.15. The van der Waals surface area contributed by atoms with E-state index in [4.69, 9.17) is 0 Å². The summed E-state index contributed by atoms with van der Waals surface area (Å²) < 4.78 is 0. The smallest absolute Gasteiger partial charge is 0.267 e. The zero-order valence-corrected chi connectivity index (χ0v) is 14.2. The van der Waals surface area contributed by atoms with E-state index in [2.05, 4.69) is 23.0 Å². The van der Waals surface area contributed by atoms with Gasteiger partial charge in [-0.2, -0.15) is 0 Å². The van der Waals surface area contributed by atoms with Gasteiger partial charge in [0.2, 0.25) is 0 Å². The van der Waals surface area contributed by atoms with Crippen LogP contribution in [0.15, 0.2) is 60.7 Å². The summed E-state index contributed by atoms with van der Waals surface area (Å²) in [6, 6.07) is 19.0. The Balaban J connectivity index is 1.49. The molecule has 0 spiro atoms. The Kier molecular flexibility index (Phi) is 4.07. The van der Waals surface area contributed by atoms with Crippen LogP contribution in [-0.2, 0) is 12.8 Å². The molecule has 1 aromatic heterocycles. The van der Waals surface area contributed by atoms with E-state index in [1.54, 1.807) is 24.3 Å². The maximum Gasteiger partial charge on any atom is 0.279 e. The molecule has 4 rings (SSSR count). The molecule has 0 atom stereocenters. The lowest BCUT2D eigenvalue weighted by Crippen LogP contribution is -2.41. The van der Waals surface area contributed by atoms with Crippen molar-refractivity contribution in [2.24, 2.45) is 0 Å². The van der Waals surface area contributed by atoms with Crippen molar-refractivity contribution in [3.63, 3.8) is 0 Å². The van der Waals surface area contributed by atoms with Gasteiger partial charge in [-0.15, -0.1) is 11.3 Å². The van der Waals surface area contributed by atoms with Gasteiger partial charge in [-0.3, -0.25) is 20.4 Å². The highest BCUT2D eigenvalue weighted by Gasteiger charge is 2.21. The van der Waals surface area contributed by atoms with E-state index < -0.39 is 0 Å². The highest BCUT2D eigenvalue weighted by atomic mass is 32.1. The number of thiophene rings is 1. The Hall–Kier alpha value is -2.92. The molecule has 5 heteroatoms. The summed E-state index contributed by atoms with van der Waals surface area (Å²) in [5, 5.41) is 0. The normalized spacial score (nSPS) is 12.0. The van der Waals surface area contributed by atoms with Gasteiger partial charge in [-0.05, 0) is 47.7 Å². The molecule has 2 N–H and O–H groups in total. The highest BCUT2D eigenvalue weighted by molar-refractivity contribution is 7.17. The van der Waals surface area contributed by atoms with Crippen LogP contribution >= 0.6 is 11.3 Å². The SMILES string of the molecule is O=C(NNC(=O)c1cc2c(s1)-c1ccccc1CC2)c1ccccc1. The van der Waals surface area contributed by atoms with Gasteiger partial charge in [0.25, 0.3) is 11.8 Å². The molecule has 2 aromatic carbocycles. The standard InChI is InChI=1S/C20H16N2O2S/c23-19(14-7-2-1-3-8-14)21-22-20(24)17-12-15-11-10-13-6-4-5-9-16(13)18(15)25-17/h1-9,12H,10-11H2,(H,21,23)(H,22,24). The van der Waals surface area contributed by atoms with E-state index in [1.807, 2.05) is 24.3 Å². The maximum absolute atomic E-state index is 12.4. The Morgan fingerprint density at radius 2 is 1.48 bits per heavy atom. The van der Waals surface area contributed by atoms with E-state index in [0.717, 1.165) is 17.7 Å². The molecular weight excluding hydrogens is 332 g/mol. The third-order valence-electron chi connectivity index (χ3n) is 4.28. The van der Waals surface area contributed by atoms with Crippen LogP contribution in [0.25, 0.3) is 10.4 Å². The van der Waals surface area contributed by atoms with Gasteiger partial charge in [-0.1, -0.05) is 42.5 Å². The topological polar surface area (TPSA) is 58.2 Å². The highest BCUT2D eigenvalue weighted by Crippen LogP contribution is 2.39. The second kappa shape index (κ2) is 6.53. The summed E-state index contributed by atoms with van der Waals surface area (Å²) in [6.07, 6.45) is 1.93. The summed E-state index contributed by atoms with van der Waals surface area (Å²) in [7, 11) is 0. The number of aryl methyl sites for hydroxylation is 2. The number of nitrogens with one attached hydrogen (secondary N) is 2. The Morgan fingerprint density at radius 1 is 0.800 bits per heavy atom. The van der Waals surface area contributed by atoms with Crippen LogP contribution in [0.4, 0.5) is 0 Å². The number of hydrazine groups is 1. The Labute approximate surface area is 149 Å². The fourth-order valence-corrected chi connectivity index (χ4v) is 4.19. The minimum Gasteiger partial charge on any atom is -0.267 e. The molecule has 3 aromatic rings. The number of carbonyl (C=O) groups is 2. The molecule has 1 aliphatic carbocycles. The third kappa shape index (κ3) is 3.06. The molecule has 124 valence electrons. The van der Waals surface area contributed by atoms with Crippen LogP contribution in [0, 0.1) is 0 Å². The largest absolute Gasteiger partial charge is 0.279 e. The van der Waals surface area contributed by atoms with Gasteiger partial charge in [0, 0.05) is 10.4 Å². The summed E-state index contributed by atoms with van der Waals surface area (Å²) in [6.45, 7) is 0. The van der Waals surface area contributed by atoms with Crippen LogP contribution in [-0.4, -0.2) is 11.8 Å². The minimum absolute atomic E-state index is 0.291. The van der Waals surface area contributed by atoms with Crippen molar-refractivity contribution >= 4 is 23.2 Å². The minimum atomic E-state index is -0.333. The van der Waals surface area contributed by atoms with E-state index in [-0.39, 0.29) is 11.8 Å². The van der Waals surface area contributed by atoms with Crippen LogP contribution in [0.2, 0.25) is 0 Å². The molecule has 0 bridgehead atoms. The molecule has 0 saturated carbocycles. The molecule has 0 aliphatic heterocycles. The number of carbonyl (C=O) groups excluding carboxylic acids is 2. The predicted octanol–water partition coefficient (Wildman–Crippen LogP) is 3.59. The molecule has 4 nitrogen and oxygen atoms in total. The van der Waals surface area contributed by atoms with Crippen LogP contribution < -0.4 is 10.9 Å². The number of fused-ring (bicyclic) bond motifs is 3. The van der Waals surface area contributed by atoms with Gasteiger partial charge < -0.3 is 0 Å². The lowest BCUT2D eigenvalue weighted by atomic mass is 9.91. The average molecular weight is 348 g/mol. The van der Waals surface area contributed by atoms with Crippen molar-refractivity contribution in [1.82, 2.24) is 10.9 Å². The molecule has 25 heavy (non-hydrogen) atoms. The van der Waals surface area contributed by atoms with Crippen molar-refractivity contribution < 1.29 is 9.59 Å². The van der Waals surface area contributed by atoms with Crippen LogP contribution in [0.5, 0.6) is 0 Å². The molecule has 0 radical (unpaired) electrons. The molecule has 0 saturated heterocycles. The predicted molar refractivity (Wildman–Crippen MR) is 98.5 cm³/mol. The maximum atomic E-state index is 12.4. The monoisotopic (exact) mass is 348 g/mol. The molecule has 0 unspecified atom stereocenters. The summed E-state index contributed by atoms with van der Waals surface area (Å²) >= 11 is 1.47. The first-order valence-electron chi connectivity index (χ1n) is 8.09. The summed E-state index contributed by atoms with van der Waals surface area (Å²) in [5.74, 6) is -0.623. The van der Waals surface area contributed by atoms with E-state index in [9.17, 15) is 9.59 Å². The van der Waals surface area contributed by atoms with Gasteiger partial charge in [0.05, 0.1) is 4.88 Å². The molecule has 0 fully saturated rings. The number of benzene rings is 2. The zero-order chi connectivity index (χ0) is 17.2. The first-order valence-corrected chi connectivity index (χ1v) is 8.91. The average Bonchev–Trinajstić information content (AvgIpc) is 3.11. The summed E-state index contributed by atoms with van der Waals surface area (Å²) in [4.78, 5) is 26.2. The van der Waals surface area contributed by atoms with Gasteiger partial charge in [-0.25, -0.2) is 0 Å². The number of amides is 2. The van der Waals surface area contributed by atoms with E-state index >= 15 is 0 Å². The van der Waals surface area contributed by atoms with Crippen molar-refractivity contribution in [2.75, 3.05) is 0 Å². The summed E-state index contributed by atoms with van der Waals surface area (Å²) in [5.41, 5.74) is 9.20. The molecule has 1 heterocycles. The molecular formula is C20H16N2O2S. The van der Waals surface area contributed by atoms with Crippen molar-refractivity contribution in [1.29, 1.82) is 0 Å². The van der Waals surface area contributed by atoms with Gasteiger partial charge >= 0.3 is 0 Å². The van der Waals surface area contributed by atoms with Crippen molar-refractivity contribution in [2.45, 2.75) is 12.8 Å².